The number of aryl methyl sites for hydroxylation is 2. The summed E-state index contributed by atoms with van der Waals surface area (Å²) < 4.78 is 0. The number of piperazine rings is 1. The highest BCUT2D eigenvalue weighted by molar-refractivity contribution is 5.90. The molecule has 0 bridgehead atoms. The van der Waals surface area contributed by atoms with Crippen molar-refractivity contribution in [1.82, 2.24) is 15.1 Å². The van der Waals surface area contributed by atoms with Crippen LogP contribution in [-0.2, 0) is 0 Å². The number of urea groups is 1. The van der Waals surface area contributed by atoms with Crippen molar-refractivity contribution >= 4 is 23.4 Å². The predicted octanol–water partition coefficient (Wildman–Crippen LogP) is 3.44. The molecule has 0 unspecified atom stereocenters. The molecular weight excluding hydrogens is 364 g/mol. The zero-order chi connectivity index (χ0) is 20.2. The molecule has 2 aliphatic rings. The molecule has 29 heavy (non-hydrogen) atoms. The average Bonchev–Trinajstić information content (AvgIpc) is 2.77. The maximum absolute atomic E-state index is 12.7. The predicted molar refractivity (Wildman–Crippen MR) is 117 cm³/mol. The summed E-state index contributed by atoms with van der Waals surface area (Å²) in [6, 6.07) is 10.2. The Morgan fingerprint density at radius 1 is 0.828 bits per heavy atom. The van der Waals surface area contributed by atoms with Crippen LogP contribution in [0.2, 0.25) is 0 Å². The summed E-state index contributed by atoms with van der Waals surface area (Å²) in [5.41, 5.74) is 3.10. The third-order valence-electron chi connectivity index (χ3n) is 5.84. The van der Waals surface area contributed by atoms with Crippen LogP contribution in [0.5, 0.6) is 0 Å². The van der Waals surface area contributed by atoms with Crippen LogP contribution in [-0.4, -0.2) is 60.4 Å². The van der Waals surface area contributed by atoms with E-state index < -0.39 is 0 Å². The van der Waals surface area contributed by atoms with E-state index in [9.17, 15) is 4.79 Å². The van der Waals surface area contributed by atoms with Gasteiger partial charge in [0.15, 0.2) is 11.6 Å². The number of nitrogens with zero attached hydrogens (tertiary/aromatic N) is 5. The normalized spacial score (nSPS) is 17.4. The lowest BCUT2D eigenvalue weighted by Gasteiger charge is -2.35. The van der Waals surface area contributed by atoms with E-state index in [-0.39, 0.29) is 6.03 Å². The van der Waals surface area contributed by atoms with Gasteiger partial charge in [-0.15, -0.1) is 10.2 Å². The van der Waals surface area contributed by atoms with Gasteiger partial charge in [0.25, 0.3) is 0 Å². The van der Waals surface area contributed by atoms with Crippen molar-refractivity contribution < 1.29 is 4.79 Å². The van der Waals surface area contributed by atoms with Crippen LogP contribution < -0.4 is 15.1 Å². The number of hydrogen-bond acceptors (Lipinski definition) is 5. The molecule has 0 saturated carbocycles. The lowest BCUT2D eigenvalue weighted by molar-refractivity contribution is 0.208. The monoisotopic (exact) mass is 394 g/mol. The zero-order valence-electron chi connectivity index (χ0n) is 17.4. The Balaban J connectivity index is 1.32. The summed E-state index contributed by atoms with van der Waals surface area (Å²) in [7, 11) is 0. The van der Waals surface area contributed by atoms with Gasteiger partial charge in [-0.2, -0.15) is 0 Å². The van der Waals surface area contributed by atoms with Crippen LogP contribution in [0.1, 0.15) is 30.4 Å². The standard InChI is InChI=1S/C22H30N6O/c1-17-6-7-18(2)19(16-17)23-22(29)28-14-12-27(13-15-28)21-9-8-20(24-25-21)26-10-4-3-5-11-26/h6-9,16H,3-5,10-15H2,1-2H3,(H,23,29). The average molecular weight is 395 g/mol. The largest absolute Gasteiger partial charge is 0.355 e. The van der Waals surface area contributed by atoms with Gasteiger partial charge in [-0.05, 0) is 62.4 Å². The first-order valence-corrected chi connectivity index (χ1v) is 10.6. The molecule has 0 aliphatic carbocycles. The number of hydrogen-bond donors (Lipinski definition) is 1. The number of carbonyl (C=O) groups excluding carboxylic acids is 1. The Morgan fingerprint density at radius 2 is 1.45 bits per heavy atom. The number of amides is 2. The van der Waals surface area contributed by atoms with Gasteiger partial charge < -0.3 is 20.0 Å². The van der Waals surface area contributed by atoms with Gasteiger partial charge in [-0.1, -0.05) is 12.1 Å². The number of nitrogens with one attached hydrogen (secondary N) is 1. The number of piperidine rings is 1. The second-order valence-corrected chi connectivity index (χ2v) is 8.02. The Labute approximate surface area is 172 Å². The first-order valence-electron chi connectivity index (χ1n) is 10.6. The van der Waals surface area contributed by atoms with Crippen LogP contribution >= 0.6 is 0 Å². The Morgan fingerprint density at radius 3 is 2.07 bits per heavy atom. The van der Waals surface area contributed by atoms with Gasteiger partial charge in [0, 0.05) is 45.0 Å². The maximum Gasteiger partial charge on any atom is 0.321 e. The molecule has 2 saturated heterocycles. The quantitative estimate of drug-likeness (QED) is 0.864. The Bertz CT molecular complexity index is 839. The molecule has 2 aliphatic heterocycles. The van der Waals surface area contributed by atoms with Crippen LogP contribution in [0.4, 0.5) is 22.1 Å². The van der Waals surface area contributed by atoms with E-state index in [1.165, 1.54) is 19.3 Å². The molecule has 7 heteroatoms. The summed E-state index contributed by atoms with van der Waals surface area (Å²) in [6.07, 6.45) is 3.77. The lowest BCUT2D eigenvalue weighted by Crippen LogP contribution is -2.50. The minimum atomic E-state index is -0.0371. The topological polar surface area (TPSA) is 64.6 Å². The molecular formula is C22H30N6O. The van der Waals surface area contributed by atoms with Crippen molar-refractivity contribution in [2.45, 2.75) is 33.1 Å². The third-order valence-corrected chi connectivity index (χ3v) is 5.84. The summed E-state index contributed by atoms with van der Waals surface area (Å²) in [5.74, 6) is 1.86. The van der Waals surface area contributed by atoms with E-state index in [1.807, 2.05) is 30.9 Å². The SMILES string of the molecule is Cc1ccc(C)c(NC(=O)N2CCN(c3ccc(N4CCCCC4)nn3)CC2)c1. The summed E-state index contributed by atoms with van der Waals surface area (Å²) in [6.45, 7) is 9.06. The fourth-order valence-electron chi connectivity index (χ4n) is 3.98. The van der Waals surface area contributed by atoms with E-state index in [1.54, 1.807) is 0 Å². The Kier molecular flexibility index (Phi) is 5.83. The highest BCUT2D eigenvalue weighted by Crippen LogP contribution is 2.21. The molecule has 3 heterocycles. The molecule has 7 nitrogen and oxygen atoms in total. The van der Waals surface area contributed by atoms with Crippen molar-refractivity contribution in [3.05, 3.63) is 41.5 Å². The fraction of sp³-hybridized carbons (Fsp3) is 0.500. The molecule has 154 valence electrons. The number of benzene rings is 1. The van der Waals surface area contributed by atoms with Gasteiger partial charge in [-0.3, -0.25) is 0 Å². The second-order valence-electron chi connectivity index (χ2n) is 8.02. The molecule has 0 spiro atoms. The van der Waals surface area contributed by atoms with Crippen molar-refractivity contribution in [3.8, 4) is 0 Å². The molecule has 2 fully saturated rings. The van der Waals surface area contributed by atoms with Gasteiger partial charge in [0.05, 0.1) is 0 Å². The highest BCUT2D eigenvalue weighted by Gasteiger charge is 2.23. The van der Waals surface area contributed by atoms with Gasteiger partial charge in [0.2, 0.25) is 0 Å². The molecule has 0 atom stereocenters. The summed E-state index contributed by atoms with van der Waals surface area (Å²) in [5, 5.41) is 12.0. The molecule has 1 aromatic heterocycles. The highest BCUT2D eigenvalue weighted by atomic mass is 16.2. The lowest BCUT2D eigenvalue weighted by atomic mass is 10.1. The number of aromatic nitrogens is 2. The van der Waals surface area contributed by atoms with Crippen LogP contribution in [0.3, 0.4) is 0 Å². The van der Waals surface area contributed by atoms with Gasteiger partial charge in [0.1, 0.15) is 0 Å². The van der Waals surface area contributed by atoms with Crippen molar-refractivity contribution in [3.63, 3.8) is 0 Å². The second kappa shape index (κ2) is 8.68. The minimum Gasteiger partial charge on any atom is -0.355 e. The van der Waals surface area contributed by atoms with Crippen molar-refractivity contribution in [1.29, 1.82) is 0 Å². The van der Waals surface area contributed by atoms with Crippen molar-refractivity contribution in [2.75, 3.05) is 54.4 Å². The minimum absolute atomic E-state index is 0.0371. The first-order chi connectivity index (χ1) is 14.1. The molecule has 0 radical (unpaired) electrons. The van der Waals surface area contributed by atoms with E-state index in [0.717, 1.165) is 54.6 Å². The van der Waals surface area contributed by atoms with Gasteiger partial charge >= 0.3 is 6.03 Å². The summed E-state index contributed by atoms with van der Waals surface area (Å²) in [4.78, 5) is 19.0. The number of anilines is 3. The molecule has 2 aromatic rings. The molecule has 2 amide bonds. The molecule has 1 aromatic carbocycles. The maximum atomic E-state index is 12.7. The zero-order valence-corrected chi connectivity index (χ0v) is 17.4. The smallest absolute Gasteiger partial charge is 0.321 e. The molecule has 4 rings (SSSR count). The van der Waals surface area contributed by atoms with Crippen molar-refractivity contribution in [2.24, 2.45) is 0 Å². The van der Waals surface area contributed by atoms with Crippen LogP contribution in [0, 0.1) is 13.8 Å². The first kappa shape index (κ1) is 19.5. The number of rotatable bonds is 3. The van der Waals surface area contributed by atoms with E-state index >= 15 is 0 Å². The third kappa shape index (κ3) is 4.60. The summed E-state index contributed by atoms with van der Waals surface area (Å²) >= 11 is 0. The van der Waals surface area contributed by atoms with E-state index in [0.29, 0.717) is 13.1 Å². The van der Waals surface area contributed by atoms with Crippen LogP contribution in [0.15, 0.2) is 30.3 Å². The van der Waals surface area contributed by atoms with E-state index in [2.05, 4.69) is 43.5 Å². The fourth-order valence-corrected chi connectivity index (χ4v) is 3.98. The van der Waals surface area contributed by atoms with E-state index in [4.69, 9.17) is 0 Å². The number of carbonyl (C=O) groups is 1. The molecule has 1 N–H and O–H groups in total. The Hall–Kier alpha value is -2.83. The van der Waals surface area contributed by atoms with Gasteiger partial charge in [-0.25, -0.2) is 4.79 Å². The van der Waals surface area contributed by atoms with Crippen LogP contribution in [0.25, 0.3) is 0 Å².